The zero-order valence-electron chi connectivity index (χ0n) is 14.7. The number of halogens is 2. The first-order chi connectivity index (χ1) is 11.8. The number of aryl methyl sites for hydroxylation is 1. The summed E-state index contributed by atoms with van der Waals surface area (Å²) in [6.45, 7) is 5.79. The van der Waals surface area contributed by atoms with E-state index < -0.39 is 11.6 Å². The van der Waals surface area contributed by atoms with Gasteiger partial charge in [0.1, 0.15) is 17.4 Å². The van der Waals surface area contributed by atoms with Crippen LogP contribution in [0.15, 0.2) is 24.3 Å². The lowest BCUT2D eigenvalue weighted by Gasteiger charge is -2.17. The first-order valence-corrected chi connectivity index (χ1v) is 8.24. The van der Waals surface area contributed by atoms with Crippen LogP contribution in [0.25, 0.3) is 0 Å². The molecular weight excluding hydrogens is 324 g/mol. The Balaban J connectivity index is 1.77. The molecule has 0 radical (unpaired) electrons. The Morgan fingerprint density at radius 3 is 2.52 bits per heavy atom. The molecule has 3 nitrogen and oxygen atoms in total. The minimum Gasteiger partial charge on any atom is -0.496 e. The average Bonchev–Trinajstić information content (AvgIpc) is 3.35. The maximum atomic E-state index is 13.9. The molecule has 0 bridgehead atoms. The van der Waals surface area contributed by atoms with Gasteiger partial charge in [-0.25, -0.2) is 8.78 Å². The number of hydrogen-bond acceptors (Lipinski definition) is 2. The highest BCUT2D eigenvalue weighted by molar-refractivity contribution is 5.96. The largest absolute Gasteiger partial charge is 0.496 e. The fraction of sp³-hybridized carbons (Fsp3) is 0.350. The Labute approximate surface area is 146 Å². The zero-order chi connectivity index (χ0) is 18.3. The molecule has 5 heteroatoms. The summed E-state index contributed by atoms with van der Waals surface area (Å²) in [6, 6.07) is 5.41. The third kappa shape index (κ3) is 3.23. The zero-order valence-corrected chi connectivity index (χ0v) is 14.7. The van der Waals surface area contributed by atoms with E-state index in [4.69, 9.17) is 4.74 Å². The molecule has 0 spiro atoms. The minimum atomic E-state index is -0.608. The van der Waals surface area contributed by atoms with E-state index in [9.17, 15) is 13.6 Å². The highest BCUT2D eigenvalue weighted by Crippen LogP contribution is 2.49. The van der Waals surface area contributed by atoms with Crippen LogP contribution in [0.3, 0.4) is 0 Å². The SMILES string of the molecule is COc1cc(C)c(NC(=O)[C@H]2C[C@@H]2c2ccc(F)cc2F)c(C)c1C. The van der Waals surface area contributed by atoms with Gasteiger partial charge >= 0.3 is 0 Å². The number of ether oxygens (including phenoxy) is 1. The summed E-state index contributed by atoms with van der Waals surface area (Å²) in [6.07, 6.45) is 0.571. The van der Waals surface area contributed by atoms with Crippen LogP contribution in [0.1, 0.15) is 34.6 Å². The van der Waals surface area contributed by atoms with Crippen LogP contribution in [0, 0.1) is 38.3 Å². The van der Waals surface area contributed by atoms with Crippen molar-refractivity contribution >= 4 is 11.6 Å². The van der Waals surface area contributed by atoms with E-state index in [2.05, 4.69) is 5.32 Å². The van der Waals surface area contributed by atoms with Crippen molar-refractivity contribution in [3.63, 3.8) is 0 Å². The summed E-state index contributed by atoms with van der Waals surface area (Å²) in [5.74, 6) is -1.03. The number of amides is 1. The topological polar surface area (TPSA) is 38.3 Å². The molecule has 0 heterocycles. The summed E-state index contributed by atoms with van der Waals surface area (Å²) >= 11 is 0. The van der Waals surface area contributed by atoms with Gasteiger partial charge in [-0.3, -0.25) is 4.79 Å². The Morgan fingerprint density at radius 1 is 1.16 bits per heavy atom. The molecule has 0 aromatic heterocycles. The third-order valence-electron chi connectivity index (χ3n) is 5.01. The Hall–Kier alpha value is -2.43. The molecule has 1 fully saturated rings. The highest BCUT2D eigenvalue weighted by Gasteiger charge is 2.45. The number of anilines is 1. The summed E-state index contributed by atoms with van der Waals surface area (Å²) in [7, 11) is 1.62. The smallest absolute Gasteiger partial charge is 0.228 e. The summed E-state index contributed by atoms with van der Waals surface area (Å²) < 4.78 is 32.3. The van der Waals surface area contributed by atoms with E-state index in [1.54, 1.807) is 7.11 Å². The van der Waals surface area contributed by atoms with E-state index in [1.165, 1.54) is 12.1 Å². The van der Waals surface area contributed by atoms with E-state index in [-0.39, 0.29) is 17.7 Å². The van der Waals surface area contributed by atoms with Gasteiger partial charge in [-0.2, -0.15) is 0 Å². The molecule has 2 aromatic carbocycles. The fourth-order valence-corrected chi connectivity index (χ4v) is 3.30. The lowest BCUT2D eigenvalue weighted by atomic mass is 10.0. The second kappa shape index (κ2) is 6.47. The molecule has 0 saturated heterocycles. The van der Waals surface area contributed by atoms with Crippen molar-refractivity contribution in [2.75, 3.05) is 12.4 Å². The molecule has 1 aliphatic carbocycles. The van der Waals surface area contributed by atoms with Crippen molar-refractivity contribution in [3.8, 4) is 5.75 Å². The van der Waals surface area contributed by atoms with Crippen LogP contribution in [0.2, 0.25) is 0 Å². The molecule has 0 aliphatic heterocycles. The van der Waals surface area contributed by atoms with Crippen LogP contribution in [-0.4, -0.2) is 13.0 Å². The number of nitrogens with one attached hydrogen (secondary N) is 1. The molecule has 1 amide bonds. The quantitative estimate of drug-likeness (QED) is 0.877. The van der Waals surface area contributed by atoms with Gasteiger partial charge in [-0.05, 0) is 67.5 Å². The van der Waals surface area contributed by atoms with Crippen LogP contribution in [-0.2, 0) is 4.79 Å². The highest BCUT2D eigenvalue weighted by atomic mass is 19.1. The summed E-state index contributed by atoms with van der Waals surface area (Å²) in [4.78, 5) is 12.6. The van der Waals surface area contributed by atoms with Gasteiger partial charge in [0, 0.05) is 17.7 Å². The monoisotopic (exact) mass is 345 g/mol. The number of carbonyl (C=O) groups excluding carboxylic acids is 1. The first kappa shape index (κ1) is 17.4. The first-order valence-electron chi connectivity index (χ1n) is 8.24. The number of carbonyl (C=O) groups is 1. The van der Waals surface area contributed by atoms with E-state index in [1.807, 2.05) is 26.8 Å². The Bertz CT molecular complexity index is 848. The maximum absolute atomic E-state index is 13.9. The van der Waals surface area contributed by atoms with Gasteiger partial charge in [0.15, 0.2) is 0 Å². The molecule has 1 saturated carbocycles. The van der Waals surface area contributed by atoms with E-state index in [0.29, 0.717) is 12.0 Å². The molecule has 2 aromatic rings. The van der Waals surface area contributed by atoms with E-state index in [0.717, 1.165) is 34.2 Å². The van der Waals surface area contributed by atoms with Crippen molar-refractivity contribution in [3.05, 3.63) is 58.2 Å². The lowest BCUT2D eigenvalue weighted by molar-refractivity contribution is -0.117. The normalized spacial score (nSPS) is 18.8. The van der Waals surface area contributed by atoms with Crippen molar-refractivity contribution in [2.45, 2.75) is 33.1 Å². The summed E-state index contributed by atoms with van der Waals surface area (Å²) in [5, 5.41) is 2.97. The maximum Gasteiger partial charge on any atom is 0.228 e. The van der Waals surface area contributed by atoms with E-state index >= 15 is 0 Å². The Kier molecular flexibility index (Phi) is 4.50. The fourth-order valence-electron chi connectivity index (χ4n) is 3.30. The van der Waals surface area contributed by atoms with Gasteiger partial charge in [0.2, 0.25) is 5.91 Å². The number of hydrogen-bond donors (Lipinski definition) is 1. The number of rotatable bonds is 4. The van der Waals surface area contributed by atoms with Crippen molar-refractivity contribution in [1.29, 1.82) is 0 Å². The molecule has 1 aliphatic rings. The van der Waals surface area contributed by atoms with Crippen molar-refractivity contribution in [1.82, 2.24) is 0 Å². The molecule has 0 unspecified atom stereocenters. The second-order valence-electron chi connectivity index (χ2n) is 6.62. The van der Waals surface area contributed by atoms with Gasteiger partial charge in [-0.15, -0.1) is 0 Å². The molecule has 1 N–H and O–H groups in total. The molecule has 25 heavy (non-hydrogen) atoms. The van der Waals surface area contributed by atoms with Gasteiger partial charge < -0.3 is 10.1 Å². The van der Waals surface area contributed by atoms with Crippen molar-refractivity contribution < 1.29 is 18.3 Å². The molecule has 3 rings (SSSR count). The lowest BCUT2D eigenvalue weighted by Crippen LogP contribution is -2.17. The number of benzene rings is 2. The third-order valence-corrected chi connectivity index (χ3v) is 5.01. The Morgan fingerprint density at radius 2 is 1.88 bits per heavy atom. The van der Waals surface area contributed by atoms with Gasteiger partial charge in [-0.1, -0.05) is 6.07 Å². The predicted molar refractivity (Wildman–Crippen MR) is 93.0 cm³/mol. The molecule has 2 atom stereocenters. The van der Waals surface area contributed by atoms with Crippen LogP contribution in [0.4, 0.5) is 14.5 Å². The van der Waals surface area contributed by atoms with Gasteiger partial charge in [0.05, 0.1) is 7.11 Å². The van der Waals surface area contributed by atoms with Crippen LogP contribution >= 0.6 is 0 Å². The molecular formula is C20H21F2NO2. The van der Waals surface area contributed by atoms with Crippen molar-refractivity contribution in [2.24, 2.45) is 5.92 Å². The average molecular weight is 345 g/mol. The van der Waals surface area contributed by atoms with Crippen LogP contribution < -0.4 is 10.1 Å². The minimum absolute atomic E-state index is 0.135. The second-order valence-corrected chi connectivity index (χ2v) is 6.62. The summed E-state index contributed by atoms with van der Waals surface area (Å²) in [5.41, 5.74) is 4.02. The van der Waals surface area contributed by atoms with Gasteiger partial charge in [0.25, 0.3) is 0 Å². The number of methoxy groups -OCH3 is 1. The van der Waals surface area contributed by atoms with Crippen LogP contribution in [0.5, 0.6) is 5.75 Å². The molecule has 132 valence electrons. The standard InChI is InChI=1S/C20H21F2NO2/c1-10-7-18(25-4)11(2)12(3)19(10)23-20(24)16-9-15(16)14-6-5-13(21)8-17(14)22/h5-8,15-16H,9H2,1-4H3,(H,23,24)/t15-,16+/m1/s1. The predicted octanol–water partition coefficient (Wildman–Crippen LogP) is 4.64.